The topological polar surface area (TPSA) is 18.5 Å². The van der Waals surface area contributed by atoms with E-state index < -0.39 is 18.1 Å². The molecule has 0 aromatic carbocycles. The van der Waals surface area contributed by atoms with Crippen molar-refractivity contribution >= 4 is 18.1 Å². The number of hydrogen-bond acceptors (Lipinski definition) is 2. The lowest BCUT2D eigenvalue weighted by molar-refractivity contribution is 0.361. The summed E-state index contributed by atoms with van der Waals surface area (Å²) in [4.78, 5) is 0. The van der Waals surface area contributed by atoms with E-state index >= 15 is 0 Å². The summed E-state index contributed by atoms with van der Waals surface area (Å²) in [5.74, 6) is 0. The third-order valence-electron chi connectivity index (χ3n) is 1.10. The molecule has 70 valence electrons. The summed E-state index contributed by atoms with van der Waals surface area (Å²) < 4.78 is 10.8. The largest absolute Gasteiger partial charge is 0.414 e. The van der Waals surface area contributed by atoms with Gasteiger partial charge in [-0.2, -0.15) is 0 Å². The first kappa shape index (κ1) is 12.1. The van der Waals surface area contributed by atoms with Crippen LogP contribution in [0.25, 0.3) is 0 Å². The van der Waals surface area contributed by atoms with Crippen LogP contribution in [-0.4, -0.2) is 31.3 Å². The third kappa shape index (κ3) is 10.1. The minimum atomic E-state index is -0.524. The van der Waals surface area contributed by atoms with Gasteiger partial charge in [-0.1, -0.05) is 12.2 Å². The SMILES string of the molecule is C[Si](C)OC/C=C\CO[Si](C)C. The van der Waals surface area contributed by atoms with E-state index in [1.54, 1.807) is 0 Å². The predicted molar refractivity (Wildman–Crippen MR) is 56.0 cm³/mol. The van der Waals surface area contributed by atoms with Gasteiger partial charge in [-0.15, -0.1) is 0 Å². The van der Waals surface area contributed by atoms with Gasteiger partial charge in [0, 0.05) is 0 Å². The molecule has 12 heavy (non-hydrogen) atoms. The lowest BCUT2D eigenvalue weighted by Crippen LogP contribution is -2.08. The van der Waals surface area contributed by atoms with Crippen LogP contribution in [0, 0.1) is 0 Å². The normalized spacial score (nSPS) is 12.2. The van der Waals surface area contributed by atoms with Crippen molar-refractivity contribution in [1.82, 2.24) is 0 Å². The molecule has 0 saturated carbocycles. The van der Waals surface area contributed by atoms with Crippen LogP contribution in [0.4, 0.5) is 0 Å². The zero-order valence-corrected chi connectivity index (χ0v) is 10.4. The van der Waals surface area contributed by atoms with Crippen LogP contribution in [-0.2, 0) is 8.85 Å². The Labute approximate surface area is 79.0 Å². The molecule has 0 aromatic heterocycles. The Morgan fingerprint density at radius 2 is 1.17 bits per heavy atom. The first-order valence-corrected chi connectivity index (χ1v) is 8.95. The van der Waals surface area contributed by atoms with Crippen LogP contribution >= 0.6 is 0 Å². The third-order valence-corrected chi connectivity index (χ3v) is 2.59. The molecule has 0 bridgehead atoms. The highest BCUT2D eigenvalue weighted by atomic mass is 28.3. The molecule has 0 rings (SSSR count). The maximum absolute atomic E-state index is 5.42. The van der Waals surface area contributed by atoms with Crippen LogP contribution < -0.4 is 0 Å². The molecule has 0 aliphatic rings. The maximum Gasteiger partial charge on any atom is 0.205 e. The lowest BCUT2D eigenvalue weighted by Gasteiger charge is -2.02. The van der Waals surface area contributed by atoms with Crippen molar-refractivity contribution in [1.29, 1.82) is 0 Å². The van der Waals surface area contributed by atoms with Crippen molar-refractivity contribution in [2.75, 3.05) is 13.2 Å². The first-order chi connectivity index (χ1) is 5.63. The van der Waals surface area contributed by atoms with Gasteiger partial charge in [-0.05, 0) is 26.2 Å². The molecule has 0 aliphatic heterocycles. The van der Waals surface area contributed by atoms with E-state index in [1.807, 2.05) is 12.2 Å². The Morgan fingerprint density at radius 3 is 1.42 bits per heavy atom. The summed E-state index contributed by atoms with van der Waals surface area (Å²) in [6.45, 7) is 10.0. The Bertz CT molecular complexity index is 110. The molecule has 2 nitrogen and oxygen atoms in total. The van der Waals surface area contributed by atoms with Crippen LogP contribution in [0.5, 0.6) is 0 Å². The first-order valence-electron chi connectivity index (χ1n) is 4.14. The molecule has 0 aliphatic carbocycles. The van der Waals surface area contributed by atoms with E-state index in [4.69, 9.17) is 8.85 Å². The molecule has 2 radical (unpaired) electrons. The Balaban J connectivity index is 3.15. The van der Waals surface area contributed by atoms with Crippen molar-refractivity contribution in [2.24, 2.45) is 0 Å². The second kappa shape index (κ2) is 7.73. The molecule has 4 heteroatoms. The van der Waals surface area contributed by atoms with Gasteiger partial charge in [0.25, 0.3) is 0 Å². The van der Waals surface area contributed by atoms with E-state index in [-0.39, 0.29) is 0 Å². The fraction of sp³-hybridized carbons (Fsp3) is 0.750. The van der Waals surface area contributed by atoms with Gasteiger partial charge in [0.2, 0.25) is 18.1 Å². The average molecular weight is 202 g/mol. The molecule has 0 heterocycles. The molecule has 0 saturated heterocycles. The fourth-order valence-corrected chi connectivity index (χ4v) is 1.42. The fourth-order valence-electron chi connectivity index (χ4n) is 0.566. The lowest BCUT2D eigenvalue weighted by atomic mass is 10.5. The van der Waals surface area contributed by atoms with Gasteiger partial charge in [-0.25, -0.2) is 0 Å². The molecule has 0 fully saturated rings. The minimum Gasteiger partial charge on any atom is -0.414 e. The molecule has 0 unspecified atom stereocenters. The highest BCUT2D eigenvalue weighted by Crippen LogP contribution is 1.87. The van der Waals surface area contributed by atoms with Gasteiger partial charge < -0.3 is 8.85 Å². The van der Waals surface area contributed by atoms with E-state index in [2.05, 4.69) is 26.2 Å². The summed E-state index contributed by atoms with van der Waals surface area (Å²) in [5.41, 5.74) is 0. The van der Waals surface area contributed by atoms with Gasteiger partial charge in [-0.3, -0.25) is 0 Å². The Kier molecular flexibility index (Phi) is 7.79. The minimum absolute atomic E-state index is 0.524. The zero-order valence-electron chi connectivity index (χ0n) is 8.39. The molecule has 0 atom stereocenters. The van der Waals surface area contributed by atoms with Gasteiger partial charge in [0.15, 0.2) is 0 Å². The quantitative estimate of drug-likeness (QED) is 0.485. The smallest absolute Gasteiger partial charge is 0.205 e. The second-order valence-corrected chi connectivity index (χ2v) is 7.12. The van der Waals surface area contributed by atoms with E-state index in [9.17, 15) is 0 Å². The highest BCUT2D eigenvalue weighted by molar-refractivity contribution is 6.48. The van der Waals surface area contributed by atoms with Crippen molar-refractivity contribution in [3.8, 4) is 0 Å². The van der Waals surface area contributed by atoms with Crippen molar-refractivity contribution in [3.63, 3.8) is 0 Å². The zero-order chi connectivity index (χ0) is 9.40. The monoisotopic (exact) mass is 202 g/mol. The maximum atomic E-state index is 5.42. The molecule has 0 N–H and O–H groups in total. The number of rotatable bonds is 6. The van der Waals surface area contributed by atoms with E-state index in [1.165, 1.54) is 0 Å². The molecular formula is C8H18O2Si2. The van der Waals surface area contributed by atoms with Gasteiger partial charge in [0.1, 0.15) is 0 Å². The summed E-state index contributed by atoms with van der Waals surface area (Å²) in [6, 6.07) is 0. The van der Waals surface area contributed by atoms with E-state index in [0.29, 0.717) is 0 Å². The summed E-state index contributed by atoms with van der Waals surface area (Å²) in [7, 11) is -1.05. The molecule has 0 amide bonds. The summed E-state index contributed by atoms with van der Waals surface area (Å²) in [6.07, 6.45) is 4.06. The van der Waals surface area contributed by atoms with Crippen molar-refractivity contribution < 1.29 is 8.85 Å². The van der Waals surface area contributed by atoms with Crippen LogP contribution in [0.1, 0.15) is 0 Å². The average Bonchev–Trinajstić information content (AvgIpc) is 1.95. The van der Waals surface area contributed by atoms with Crippen molar-refractivity contribution in [3.05, 3.63) is 12.2 Å². The molecular weight excluding hydrogens is 184 g/mol. The van der Waals surface area contributed by atoms with Crippen LogP contribution in [0.3, 0.4) is 0 Å². The summed E-state index contributed by atoms with van der Waals surface area (Å²) in [5, 5.41) is 0. The van der Waals surface area contributed by atoms with E-state index in [0.717, 1.165) is 13.2 Å². The van der Waals surface area contributed by atoms with Gasteiger partial charge in [0.05, 0.1) is 13.2 Å². The Morgan fingerprint density at radius 1 is 0.833 bits per heavy atom. The summed E-state index contributed by atoms with van der Waals surface area (Å²) >= 11 is 0. The second-order valence-electron chi connectivity index (χ2n) is 2.91. The molecule has 0 aromatic rings. The highest BCUT2D eigenvalue weighted by Gasteiger charge is 1.93. The standard InChI is InChI=1S/C8H18O2Si2/c1-11(2)9-7-5-6-8-10-12(3)4/h5-6H,7-8H2,1-4H3/b6-5-. The van der Waals surface area contributed by atoms with Crippen molar-refractivity contribution in [2.45, 2.75) is 26.2 Å². The molecule has 0 spiro atoms. The predicted octanol–water partition coefficient (Wildman–Crippen LogP) is 2.08. The van der Waals surface area contributed by atoms with Crippen LogP contribution in [0.15, 0.2) is 12.2 Å². The number of hydrogen-bond donors (Lipinski definition) is 0. The van der Waals surface area contributed by atoms with Gasteiger partial charge >= 0.3 is 0 Å². The Hall–Kier alpha value is 0.0938. The van der Waals surface area contributed by atoms with Crippen LogP contribution in [0.2, 0.25) is 26.2 Å².